The van der Waals surface area contributed by atoms with E-state index in [1.165, 1.54) is 15.9 Å². The summed E-state index contributed by atoms with van der Waals surface area (Å²) in [5.41, 5.74) is 3.44. The van der Waals surface area contributed by atoms with Crippen LogP contribution in [0, 0.1) is 41.4 Å². The molecule has 3 rings (SSSR count). The van der Waals surface area contributed by atoms with E-state index in [1.807, 2.05) is 12.1 Å². The summed E-state index contributed by atoms with van der Waals surface area (Å²) in [4.78, 5) is 0. The maximum absolute atomic E-state index is 7.79. The Kier molecular flexibility index (Phi) is 27.7. The van der Waals surface area contributed by atoms with Crippen LogP contribution in [0.4, 0.5) is 0 Å². The molecular weight excluding hydrogens is 1010 g/mol. The van der Waals surface area contributed by atoms with Gasteiger partial charge in [0.2, 0.25) is 0 Å². The van der Waals surface area contributed by atoms with Gasteiger partial charge in [-0.05, 0) is 126 Å². The van der Waals surface area contributed by atoms with E-state index in [9.17, 15) is 0 Å². The van der Waals surface area contributed by atoms with E-state index in [4.69, 9.17) is 27.2 Å². The molecule has 0 aliphatic rings. The first-order valence-corrected chi connectivity index (χ1v) is 40.0. The second-order valence-corrected chi connectivity index (χ2v) is 45.3. The molecular formula is C67H114O6Si4. The average Bonchev–Trinajstić information content (AvgIpc) is 3.38. The largest absolute Gasteiger partial charge is 0.497 e. The summed E-state index contributed by atoms with van der Waals surface area (Å²) in [5, 5.41) is 2.68. The fraction of sp³-hybridized carbons (Fsp3) is 0.672. The van der Waals surface area contributed by atoms with Crippen LogP contribution in [0.5, 0.6) is 5.75 Å². The number of unbranched alkanes of at least 4 members (excludes halogenated alkanes) is 2. The lowest BCUT2D eigenvalue weighted by atomic mass is 9.81. The van der Waals surface area contributed by atoms with Gasteiger partial charge >= 0.3 is 0 Å². The van der Waals surface area contributed by atoms with Gasteiger partial charge in [-0.3, -0.25) is 0 Å². The van der Waals surface area contributed by atoms with Crippen molar-refractivity contribution in [3.8, 4) is 17.6 Å². The summed E-state index contributed by atoms with van der Waals surface area (Å²) in [5.74, 6) is 9.01. The van der Waals surface area contributed by atoms with Gasteiger partial charge in [0.25, 0.3) is 8.32 Å². The molecule has 0 amide bonds. The number of rotatable bonds is 32. The van der Waals surface area contributed by atoms with Crippen LogP contribution >= 0.6 is 0 Å². The minimum atomic E-state index is -2.57. The Morgan fingerprint density at radius 2 is 1.16 bits per heavy atom. The van der Waals surface area contributed by atoms with E-state index in [1.54, 1.807) is 7.11 Å². The number of ether oxygens (including phenoxy) is 2. The standard InChI is InChI=1S/C67H114O6Si4/c1-24-76(25-2,26-3)71-49-57(12)64(69-50-59-42-44-60(68-20)45-43-59)58(13)65(73-75(23,51(4)5)52(6)7)56(11)48-53(8)47-55(10)63(72-74(21,22)66(14,15)16)54(9)37-31-27-28-36-46-70-77(67(17,18)19,61-38-32-29-33-39-61)62-40-34-30-35-41-62/h29-30,32-35,38-45,47,51-52,54-58,63-65H,24-28,36,46,48-50H2,1-23H3/b53-47+/t54-,55-,56-,57-,58+,63-,64-,65+/m1/s1. The Labute approximate surface area is 478 Å². The van der Waals surface area contributed by atoms with Crippen molar-refractivity contribution in [3.05, 3.63) is 102 Å². The van der Waals surface area contributed by atoms with Crippen LogP contribution in [0.3, 0.4) is 0 Å². The van der Waals surface area contributed by atoms with Crippen LogP contribution in [0.1, 0.15) is 163 Å². The molecule has 0 N–H and O–H groups in total. The van der Waals surface area contributed by atoms with Crippen molar-refractivity contribution in [1.82, 2.24) is 0 Å². The zero-order chi connectivity index (χ0) is 58.0. The lowest BCUT2D eigenvalue weighted by Gasteiger charge is -2.45. The van der Waals surface area contributed by atoms with Gasteiger partial charge in [-0.15, -0.1) is 5.92 Å². The van der Waals surface area contributed by atoms with E-state index in [0.717, 1.165) is 55.1 Å². The lowest BCUT2D eigenvalue weighted by molar-refractivity contribution is -0.0804. The number of benzene rings is 3. The van der Waals surface area contributed by atoms with Crippen LogP contribution < -0.4 is 15.1 Å². The molecule has 0 aliphatic carbocycles. The SMILES string of the molecule is CC[Si](CC)(CC)OC[C@@H](C)[C@@H](OCc1ccc(OC)cc1)[C@H](C)[C@@H](O[Si](C)(C(C)C)C(C)C)[C@H](C)C/C(C)=C/[C@@H](C)[C@H](O[Si](C)(C)C(C)(C)C)[C@H](C)C#CCCCCO[Si](c1ccccc1)(c1ccccc1)C(C)(C)C. The predicted molar refractivity (Wildman–Crippen MR) is 343 cm³/mol. The number of allylic oxidation sites excluding steroid dienone is 1. The number of methoxy groups -OCH3 is 1. The van der Waals surface area contributed by atoms with Crippen molar-refractivity contribution in [1.29, 1.82) is 0 Å². The van der Waals surface area contributed by atoms with E-state index < -0.39 is 33.3 Å². The smallest absolute Gasteiger partial charge is 0.261 e. The summed E-state index contributed by atoms with van der Waals surface area (Å²) >= 11 is 0. The van der Waals surface area contributed by atoms with Gasteiger partial charge < -0.3 is 27.2 Å². The van der Waals surface area contributed by atoms with Gasteiger partial charge in [0, 0.05) is 43.3 Å². The van der Waals surface area contributed by atoms with E-state index in [2.05, 4.69) is 242 Å². The summed E-state index contributed by atoms with van der Waals surface area (Å²) in [6.45, 7) is 53.9. The molecule has 434 valence electrons. The number of hydrogen-bond donors (Lipinski definition) is 0. The third-order valence-corrected chi connectivity index (χ3v) is 37.8. The summed E-state index contributed by atoms with van der Waals surface area (Å²) in [6, 6.07) is 33.6. The third kappa shape index (κ3) is 19.0. The first kappa shape index (κ1) is 68.7. The fourth-order valence-corrected chi connectivity index (χ4v) is 23.1. The van der Waals surface area contributed by atoms with Crippen molar-refractivity contribution in [2.45, 2.75) is 241 Å². The molecule has 0 aromatic heterocycles. The van der Waals surface area contributed by atoms with Gasteiger partial charge in [-0.25, -0.2) is 0 Å². The van der Waals surface area contributed by atoms with Crippen molar-refractivity contribution in [2.75, 3.05) is 20.3 Å². The average molecular weight is 1130 g/mol. The van der Waals surface area contributed by atoms with Gasteiger partial charge in [0.1, 0.15) is 5.75 Å². The first-order valence-electron chi connectivity index (χ1n) is 30.1. The van der Waals surface area contributed by atoms with Gasteiger partial charge in [-0.2, -0.15) is 0 Å². The molecule has 8 atom stereocenters. The van der Waals surface area contributed by atoms with Crippen LogP contribution in [0.15, 0.2) is 96.6 Å². The van der Waals surface area contributed by atoms with Gasteiger partial charge in [-0.1, -0.05) is 208 Å². The quantitative estimate of drug-likeness (QED) is 0.0269. The molecule has 0 saturated heterocycles. The van der Waals surface area contributed by atoms with E-state index in [0.29, 0.717) is 30.9 Å². The molecule has 0 aliphatic heterocycles. The highest BCUT2D eigenvalue weighted by molar-refractivity contribution is 6.99. The van der Waals surface area contributed by atoms with Crippen molar-refractivity contribution in [3.63, 3.8) is 0 Å². The van der Waals surface area contributed by atoms with Crippen LogP contribution in [0.2, 0.25) is 58.9 Å². The molecule has 0 fully saturated rings. The number of hydrogen-bond acceptors (Lipinski definition) is 6. The third-order valence-electron chi connectivity index (χ3n) is 18.2. The fourth-order valence-electron chi connectivity index (χ4n) is 11.4. The molecule has 77 heavy (non-hydrogen) atoms. The van der Waals surface area contributed by atoms with E-state index >= 15 is 0 Å². The zero-order valence-electron chi connectivity index (χ0n) is 53.5. The second-order valence-electron chi connectivity index (χ2n) is 26.6. The summed E-state index contributed by atoms with van der Waals surface area (Å²) < 4.78 is 42.1. The van der Waals surface area contributed by atoms with Gasteiger partial charge in [0.15, 0.2) is 25.0 Å². The second kappa shape index (κ2) is 31.0. The van der Waals surface area contributed by atoms with Crippen LogP contribution in [0.25, 0.3) is 0 Å². The predicted octanol–water partition coefficient (Wildman–Crippen LogP) is 18.0. The Morgan fingerprint density at radius 1 is 0.623 bits per heavy atom. The maximum atomic E-state index is 7.79. The topological polar surface area (TPSA) is 55.4 Å². The Bertz CT molecular complexity index is 2160. The highest BCUT2D eigenvalue weighted by Gasteiger charge is 2.50. The minimum Gasteiger partial charge on any atom is -0.497 e. The lowest BCUT2D eigenvalue weighted by Crippen LogP contribution is -2.66. The molecule has 3 aromatic rings. The normalized spacial score (nSPS) is 16.6. The molecule has 6 nitrogen and oxygen atoms in total. The molecule has 0 unspecified atom stereocenters. The van der Waals surface area contributed by atoms with E-state index in [-0.39, 0.29) is 58.0 Å². The monoisotopic (exact) mass is 1130 g/mol. The molecule has 0 saturated carbocycles. The van der Waals surface area contributed by atoms with Crippen molar-refractivity contribution < 1.29 is 27.2 Å². The Morgan fingerprint density at radius 3 is 1.62 bits per heavy atom. The zero-order valence-corrected chi connectivity index (χ0v) is 57.5. The van der Waals surface area contributed by atoms with Crippen molar-refractivity contribution in [2.24, 2.45) is 29.6 Å². The maximum Gasteiger partial charge on any atom is 0.261 e. The van der Waals surface area contributed by atoms with Crippen LogP contribution in [-0.2, 0) is 29.0 Å². The highest BCUT2D eigenvalue weighted by Crippen LogP contribution is 2.42. The highest BCUT2D eigenvalue weighted by atomic mass is 28.4. The molecule has 3 aromatic carbocycles. The Balaban J connectivity index is 1.95. The van der Waals surface area contributed by atoms with Gasteiger partial charge in [0.05, 0.1) is 32.0 Å². The van der Waals surface area contributed by atoms with Crippen molar-refractivity contribution >= 4 is 43.6 Å². The molecule has 0 spiro atoms. The minimum absolute atomic E-state index is 0.0117. The van der Waals surface area contributed by atoms with Crippen LogP contribution in [-0.4, -0.2) is 71.9 Å². The molecule has 0 radical (unpaired) electrons. The molecule has 0 bridgehead atoms. The molecule has 10 heteroatoms. The Hall–Kier alpha value is -2.57. The summed E-state index contributed by atoms with van der Waals surface area (Å²) in [6.07, 6.45) is 6.12. The first-order chi connectivity index (χ1) is 36.0. The summed E-state index contributed by atoms with van der Waals surface area (Å²) in [7, 11) is -7.04. The molecule has 0 heterocycles.